The van der Waals surface area contributed by atoms with Gasteiger partial charge in [0.1, 0.15) is 0 Å². The van der Waals surface area contributed by atoms with E-state index in [0.29, 0.717) is 0 Å². The van der Waals surface area contributed by atoms with Crippen molar-refractivity contribution in [2.45, 2.75) is 13.0 Å². The highest BCUT2D eigenvalue weighted by molar-refractivity contribution is 6.99. The molecule has 0 aliphatic rings. The van der Waals surface area contributed by atoms with Crippen LogP contribution in [-0.2, 0) is 0 Å². The second-order valence-corrected chi connectivity index (χ2v) is 4.79. The molecule has 20 heavy (non-hydrogen) atoms. The van der Waals surface area contributed by atoms with Gasteiger partial charge in [-0.3, -0.25) is 0 Å². The maximum Gasteiger partial charge on any atom is 0.0974 e. The molecule has 0 amide bonds. The van der Waals surface area contributed by atoms with Gasteiger partial charge >= 0.3 is 0 Å². The van der Waals surface area contributed by atoms with Gasteiger partial charge in [0.15, 0.2) is 0 Å². The molecule has 3 aromatic rings. The van der Waals surface area contributed by atoms with Crippen LogP contribution in [0.15, 0.2) is 42.7 Å². The lowest BCUT2D eigenvalue weighted by Crippen LogP contribution is -2.24. The SMILES string of the molecule is CCNC(c1cnsn1)c1cnnn1-c1ccccc1. The first kappa shape index (κ1) is 12.9. The minimum atomic E-state index is -0.0612. The van der Waals surface area contributed by atoms with Crippen LogP contribution in [0.25, 0.3) is 5.69 Å². The van der Waals surface area contributed by atoms with Gasteiger partial charge in [0, 0.05) is 0 Å². The molecule has 1 unspecified atom stereocenters. The lowest BCUT2D eigenvalue weighted by atomic mass is 10.1. The van der Waals surface area contributed by atoms with Gasteiger partial charge in [0.2, 0.25) is 0 Å². The average Bonchev–Trinajstić information content (AvgIpc) is 3.17. The van der Waals surface area contributed by atoms with E-state index in [-0.39, 0.29) is 6.04 Å². The van der Waals surface area contributed by atoms with E-state index in [1.54, 1.807) is 12.4 Å². The molecule has 1 atom stereocenters. The first-order valence-electron chi connectivity index (χ1n) is 6.37. The van der Waals surface area contributed by atoms with E-state index in [4.69, 9.17) is 0 Å². The van der Waals surface area contributed by atoms with Crippen molar-refractivity contribution in [3.8, 4) is 5.69 Å². The molecule has 7 heteroatoms. The Labute approximate surface area is 120 Å². The van der Waals surface area contributed by atoms with Crippen LogP contribution in [0.4, 0.5) is 0 Å². The zero-order valence-electron chi connectivity index (χ0n) is 11.0. The summed E-state index contributed by atoms with van der Waals surface area (Å²) in [5, 5.41) is 11.6. The van der Waals surface area contributed by atoms with Crippen molar-refractivity contribution in [3.05, 3.63) is 54.1 Å². The van der Waals surface area contributed by atoms with E-state index in [1.807, 2.05) is 35.0 Å². The van der Waals surface area contributed by atoms with Crippen molar-refractivity contribution in [1.82, 2.24) is 29.1 Å². The molecule has 0 bridgehead atoms. The Balaban J connectivity index is 2.03. The van der Waals surface area contributed by atoms with Crippen molar-refractivity contribution in [1.29, 1.82) is 0 Å². The number of rotatable bonds is 5. The second kappa shape index (κ2) is 5.89. The van der Waals surface area contributed by atoms with Gasteiger partial charge in [-0.05, 0) is 18.7 Å². The summed E-state index contributed by atoms with van der Waals surface area (Å²) >= 11 is 1.20. The molecule has 1 aromatic carbocycles. The zero-order valence-corrected chi connectivity index (χ0v) is 11.8. The fraction of sp³-hybridized carbons (Fsp3) is 0.231. The van der Waals surface area contributed by atoms with Crippen LogP contribution in [-0.4, -0.2) is 30.3 Å². The smallest absolute Gasteiger partial charge is 0.0974 e. The summed E-state index contributed by atoms with van der Waals surface area (Å²) in [6.45, 7) is 2.88. The third kappa shape index (κ3) is 2.45. The van der Waals surface area contributed by atoms with Crippen molar-refractivity contribution in [2.75, 3.05) is 6.54 Å². The number of benzene rings is 1. The van der Waals surface area contributed by atoms with E-state index in [1.165, 1.54) is 11.7 Å². The summed E-state index contributed by atoms with van der Waals surface area (Å²) in [6.07, 6.45) is 3.54. The van der Waals surface area contributed by atoms with Crippen LogP contribution >= 0.6 is 11.7 Å². The third-order valence-electron chi connectivity index (χ3n) is 2.95. The Morgan fingerprint density at radius 3 is 2.80 bits per heavy atom. The summed E-state index contributed by atoms with van der Waals surface area (Å²) in [6, 6.07) is 9.88. The van der Waals surface area contributed by atoms with Gasteiger partial charge in [0.05, 0.1) is 47.2 Å². The topological polar surface area (TPSA) is 68.5 Å². The largest absolute Gasteiger partial charge is 0.304 e. The maximum atomic E-state index is 4.33. The van der Waals surface area contributed by atoms with Crippen LogP contribution in [0.2, 0.25) is 0 Å². The third-order valence-corrected chi connectivity index (χ3v) is 3.45. The molecule has 2 heterocycles. The normalized spacial score (nSPS) is 12.4. The number of para-hydroxylation sites is 1. The minimum absolute atomic E-state index is 0.0612. The van der Waals surface area contributed by atoms with Crippen molar-refractivity contribution < 1.29 is 0 Å². The predicted molar refractivity (Wildman–Crippen MR) is 76.8 cm³/mol. The number of aromatic nitrogens is 5. The summed E-state index contributed by atoms with van der Waals surface area (Å²) in [4.78, 5) is 0. The molecule has 0 fully saturated rings. The Morgan fingerprint density at radius 2 is 2.10 bits per heavy atom. The molecular formula is C13H14N6S. The molecule has 1 N–H and O–H groups in total. The summed E-state index contributed by atoms with van der Waals surface area (Å²) in [7, 11) is 0. The molecule has 2 aromatic heterocycles. The summed E-state index contributed by atoms with van der Waals surface area (Å²) in [5.74, 6) is 0. The van der Waals surface area contributed by atoms with Crippen LogP contribution < -0.4 is 5.32 Å². The lowest BCUT2D eigenvalue weighted by molar-refractivity contribution is 0.583. The fourth-order valence-corrected chi connectivity index (χ4v) is 2.52. The number of nitrogens with zero attached hydrogens (tertiary/aromatic N) is 5. The standard InChI is InChI=1S/C13H14N6S/c1-2-14-13(11-8-16-20-17-11)12-9-15-18-19(12)10-6-4-3-5-7-10/h3-9,13-14H,2H2,1H3. The Hall–Kier alpha value is -2.12. The van der Waals surface area contributed by atoms with E-state index in [9.17, 15) is 0 Å². The van der Waals surface area contributed by atoms with Crippen LogP contribution in [0.1, 0.15) is 24.4 Å². The monoisotopic (exact) mass is 286 g/mol. The van der Waals surface area contributed by atoms with Crippen LogP contribution in [0.5, 0.6) is 0 Å². The molecule has 0 radical (unpaired) electrons. The van der Waals surface area contributed by atoms with Crippen molar-refractivity contribution in [2.24, 2.45) is 0 Å². The molecule has 0 saturated carbocycles. The molecule has 6 nitrogen and oxygen atoms in total. The Morgan fingerprint density at radius 1 is 1.25 bits per heavy atom. The zero-order chi connectivity index (χ0) is 13.8. The number of hydrogen-bond donors (Lipinski definition) is 1. The molecule has 0 spiro atoms. The van der Waals surface area contributed by atoms with Gasteiger partial charge in [0.25, 0.3) is 0 Å². The van der Waals surface area contributed by atoms with Gasteiger partial charge in [-0.2, -0.15) is 8.75 Å². The van der Waals surface area contributed by atoms with Gasteiger partial charge in [-0.1, -0.05) is 30.3 Å². The average molecular weight is 286 g/mol. The van der Waals surface area contributed by atoms with Gasteiger partial charge < -0.3 is 5.32 Å². The Bertz CT molecular complexity index is 649. The molecule has 0 aliphatic heterocycles. The summed E-state index contributed by atoms with van der Waals surface area (Å²) < 4.78 is 10.2. The van der Waals surface area contributed by atoms with Crippen molar-refractivity contribution >= 4 is 11.7 Å². The molecule has 3 rings (SSSR count). The van der Waals surface area contributed by atoms with E-state index >= 15 is 0 Å². The van der Waals surface area contributed by atoms with Gasteiger partial charge in [-0.15, -0.1) is 5.10 Å². The van der Waals surface area contributed by atoms with Crippen LogP contribution in [0, 0.1) is 0 Å². The first-order chi connectivity index (χ1) is 9.90. The highest BCUT2D eigenvalue weighted by Gasteiger charge is 2.21. The predicted octanol–water partition coefficient (Wildman–Crippen LogP) is 1.82. The minimum Gasteiger partial charge on any atom is -0.304 e. The van der Waals surface area contributed by atoms with Gasteiger partial charge in [-0.25, -0.2) is 4.68 Å². The number of nitrogens with one attached hydrogen (secondary N) is 1. The molecule has 0 aliphatic carbocycles. The van der Waals surface area contributed by atoms with E-state index in [2.05, 4.69) is 31.3 Å². The van der Waals surface area contributed by atoms with Crippen molar-refractivity contribution in [3.63, 3.8) is 0 Å². The fourth-order valence-electron chi connectivity index (χ4n) is 2.07. The number of hydrogen-bond acceptors (Lipinski definition) is 6. The highest BCUT2D eigenvalue weighted by Crippen LogP contribution is 2.22. The van der Waals surface area contributed by atoms with E-state index in [0.717, 1.165) is 23.6 Å². The summed E-state index contributed by atoms with van der Waals surface area (Å²) in [5.41, 5.74) is 2.81. The van der Waals surface area contributed by atoms with E-state index < -0.39 is 0 Å². The molecule has 0 saturated heterocycles. The lowest BCUT2D eigenvalue weighted by Gasteiger charge is -2.16. The maximum absolute atomic E-state index is 4.33. The quantitative estimate of drug-likeness (QED) is 0.775. The van der Waals surface area contributed by atoms with Crippen LogP contribution in [0.3, 0.4) is 0 Å². The molecule has 102 valence electrons. The second-order valence-electron chi connectivity index (χ2n) is 4.23. The Kier molecular flexibility index (Phi) is 3.80. The highest BCUT2D eigenvalue weighted by atomic mass is 32.1. The first-order valence-corrected chi connectivity index (χ1v) is 7.10. The molecular weight excluding hydrogens is 272 g/mol.